The number of aryl methyl sites for hydroxylation is 1. The van der Waals surface area contributed by atoms with Crippen LogP contribution in [-0.2, 0) is 12.8 Å². The Hall–Kier alpha value is -2.36. The van der Waals surface area contributed by atoms with Gasteiger partial charge in [-0.2, -0.15) is 0 Å². The summed E-state index contributed by atoms with van der Waals surface area (Å²) in [6.45, 7) is 3.57. The maximum Gasteiger partial charge on any atom is 0.188 e. The van der Waals surface area contributed by atoms with Crippen LogP contribution in [-0.4, -0.2) is 24.0 Å². The van der Waals surface area contributed by atoms with Crippen LogP contribution in [0.3, 0.4) is 0 Å². The van der Waals surface area contributed by atoms with Gasteiger partial charge >= 0.3 is 0 Å². The molecule has 0 aliphatic heterocycles. The lowest BCUT2D eigenvalue weighted by atomic mass is 10.1. The Balaban J connectivity index is 1.70. The first-order chi connectivity index (χ1) is 10.3. The minimum absolute atomic E-state index is 0.500. The van der Waals surface area contributed by atoms with E-state index in [0.717, 1.165) is 25.1 Å². The summed E-state index contributed by atoms with van der Waals surface area (Å²) in [6.07, 6.45) is 3.55. The number of hydrogen-bond donors (Lipinski definition) is 2. The first-order valence-corrected chi connectivity index (χ1v) is 7.24. The largest absolute Gasteiger partial charge is 0.370 e. The number of rotatable bonds is 6. The molecule has 1 heterocycles. The summed E-state index contributed by atoms with van der Waals surface area (Å²) in [5, 5.41) is 3.15. The van der Waals surface area contributed by atoms with E-state index in [9.17, 15) is 0 Å². The highest BCUT2D eigenvalue weighted by Gasteiger charge is 1.98. The van der Waals surface area contributed by atoms with Gasteiger partial charge in [0.2, 0.25) is 0 Å². The van der Waals surface area contributed by atoms with Gasteiger partial charge in [-0.3, -0.25) is 9.98 Å². The van der Waals surface area contributed by atoms with Crippen molar-refractivity contribution in [2.24, 2.45) is 10.7 Å². The predicted octanol–water partition coefficient (Wildman–Crippen LogP) is 2.08. The molecule has 0 aliphatic rings. The van der Waals surface area contributed by atoms with E-state index in [1.807, 2.05) is 18.2 Å². The van der Waals surface area contributed by atoms with Crippen molar-refractivity contribution in [2.45, 2.75) is 19.8 Å². The summed E-state index contributed by atoms with van der Waals surface area (Å²) in [7, 11) is 0. The molecule has 0 amide bonds. The van der Waals surface area contributed by atoms with Crippen molar-refractivity contribution in [3.63, 3.8) is 0 Å². The van der Waals surface area contributed by atoms with Crippen LogP contribution in [0.1, 0.15) is 16.8 Å². The molecule has 4 nitrogen and oxygen atoms in total. The molecule has 0 fully saturated rings. The van der Waals surface area contributed by atoms with Crippen LogP contribution in [0.5, 0.6) is 0 Å². The lowest BCUT2D eigenvalue weighted by Gasteiger charge is -2.07. The molecule has 0 saturated carbocycles. The zero-order valence-electron chi connectivity index (χ0n) is 12.4. The minimum Gasteiger partial charge on any atom is -0.370 e. The Labute approximate surface area is 126 Å². The number of nitrogens with two attached hydrogens (primary N) is 1. The van der Waals surface area contributed by atoms with Gasteiger partial charge in [0.25, 0.3) is 0 Å². The standard InChI is InChI=1S/C17H22N4/c1-14-6-2-3-7-15(14)9-12-20-17(18)21-13-10-16-8-4-5-11-19-16/h2-8,11H,9-10,12-13H2,1H3,(H3,18,20,21). The Morgan fingerprint density at radius 1 is 1.14 bits per heavy atom. The Bertz CT molecular complexity index is 578. The van der Waals surface area contributed by atoms with Crippen molar-refractivity contribution >= 4 is 5.96 Å². The third kappa shape index (κ3) is 5.26. The molecule has 0 bridgehead atoms. The Kier molecular flexibility index (Phi) is 5.76. The van der Waals surface area contributed by atoms with E-state index in [1.54, 1.807) is 6.20 Å². The van der Waals surface area contributed by atoms with Gasteiger partial charge in [0.1, 0.15) is 0 Å². The SMILES string of the molecule is Cc1ccccc1CCNC(N)=NCCc1ccccn1. The van der Waals surface area contributed by atoms with Crippen LogP contribution in [0.15, 0.2) is 53.7 Å². The second-order valence-electron chi connectivity index (χ2n) is 4.94. The zero-order valence-corrected chi connectivity index (χ0v) is 12.4. The van der Waals surface area contributed by atoms with Gasteiger partial charge in [-0.25, -0.2) is 0 Å². The van der Waals surface area contributed by atoms with E-state index < -0.39 is 0 Å². The first-order valence-electron chi connectivity index (χ1n) is 7.24. The van der Waals surface area contributed by atoms with E-state index in [4.69, 9.17) is 5.73 Å². The van der Waals surface area contributed by atoms with E-state index >= 15 is 0 Å². The maximum atomic E-state index is 5.86. The number of guanidine groups is 1. The van der Waals surface area contributed by atoms with Gasteiger partial charge in [0.05, 0.1) is 0 Å². The third-order valence-electron chi connectivity index (χ3n) is 3.34. The molecule has 3 N–H and O–H groups in total. The van der Waals surface area contributed by atoms with Crippen molar-refractivity contribution in [1.82, 2.24) is 10.3 Å². The summed E-state index contributed by atoms with van der Waals surface area (Å²) in [5.41, 5.74) is 9.54. The number of aromatic nitrogens is 1. The van der Waals surface area contributed by atoms with Gasteiger partial charge in [-0.15, -0.1) is 0 Å². The molecule has 1 aromatic carbocycles. The van der Waals surface area contributed by atoms with Crippen LogP contribution in [0.4, 0.5) is 0 Å². The maximum absolute atomic E-state index is 5.86. The molecule has 2 rings (SSSR count). The summed E-state index contributed by atoms with van der Waals surface area (Å²) in [6, 6.07) is 14.3. The van der Waals surface area contributed by atoms with Crippen LogP contribution in [0.2, 0.25) is 0 Å². The number of benzene rings is 1. The fraction of sp³-hybridized carbons (Fsp3) is 0.294. The molecule has 0 atom stereocenters. The molecule has 1 aromatic heterocycles. The number of pyridine rings is 1. The number of aliphatic imine (C=N–C) groups is 1. The highest BCUT2D eigenvalue weighted by molar-refractivity contribution is 5.77. The summed E-state index contributed by atoms with van der Waals surface area (Å²) < 4.78 is 0. The summed E-state index contributed by atoms with van der Waals surface area (Å²) >= 11 is 0. The van der Waals surface area contributed by atoms with Crippen LogP contribution >= 0.6 is 0 Å². The molecule has 2 aromatic rings. The molecule has 0 unspecified atom stereocenters. The lowest BCUT2D eigenvalue weighted by molar-refractivity contribution is 0.836. The van der Waals surface area contributed by atoms with Gasteiger partial charge in [0, 0.05) is 31.4 Å². The smallest absolute Gasteiger partial charge is 0.188 e. The van der Waals surface area contributed by atoms with Crippen molar-refractivity contribution in [3.8, 4) is 0 Å². The molecule has 0 saturated heterocycles. The molecule has 110 valence electrons. The third-order valence-corrected chi connectivity index (χ3v) is 3.34. The van der Waals surface area contributed by atoms with Gasteiger partial charge in [-0.1, -0.05) is 30.3 Å². The summed E-state index contributed by atoms with van der Waals surface area (Å²) in [4.78, 5) is 8.57. The Morgan fingerprint density at radius 2 is 1.95 bits per heavy atom. The molecule has 4 heteroatoms. The number of hydrogen-bond acceptors (Lipinski definition) is 2. The van der Waals surface area contributed by atoms with Gasteiger partial charge in [-0.05, 0) is 36.6 Å². The molecular weight excluding hydrogens is 260 g/mol. The zero-order chi connectivity index (χ0) is 14.9. The Morgan fingerprint density at radius 3 is 2.71 bits per heavy atom. The van der Waals surface area contributed by atoms with Crippen molar-refractivity contribution in [2.75, 3.05) is 13.1 Å². The molecule has 0 radical (unpaired) electrons. The second kappa shape index (κ2) is 8.04. The highest BCUT2D eigenvalue weighted by atomic mass is 15.1. The van der Waals surface area contributed by atoms with E-state index in [0.29, 0.717) is 12.5 Å². The summed E-state index contributed by atoms with van der Waals surface area (Å²) in [5.74, 6) is 0.500. The predicted molar refractivity (Wildman–Crippen MR) is 87.3 cm³/mol. The topological polar surface area (TPSA) is 63.3 Å². The van der Waals surface area contributed by atoms with E-state index in [2.05, 4.69) is 46.5 Å². The van der Waals surface area contributed by atoms with Gasteiger partial charge in [0.15, 0.2) is 5.96 Å². The normalized spacial score (nSPS) is 11.4. The van der Waals surface area contributed by atoms with Crippen LogP contribution in [0.25, 0.3) is 0 Å². The first kappa shape index (κ1) is 15.0. The number of nitrogens with one attached hydrogen (secondary N) is 1. The van der Waals surface area contributed by atoms with E-state index in [1.165, 1.54) is 11.1 Å². The molecule has 21 heavy (non-hydrogen) atoms. The minimum atomic E-state index is 0.500. The molecule has 0 aliphatic carbocycles. The van der Waals surface area contributed by atoms with E-state index in [-0.39, 0.29) is 0 Å². The van der Waals surface area contributed by atoms with Crippen LogP contribution < -0.4 is 11.1 Å². The number of nitrogens with zero attached hydrogens (tertiary/aromatic N) is 2. The van der Waals surface area contributed by atoms with Crippen molar-refractivity contribution in [3.05, 3.63) is 65.5 Å². The fourth-order valence-electron chi connectivity index (χ4n) is 2.11. The van der Waals surface area contributed by atoms with Crippen molar-refractivity contribution in [1.29, 1.82) is 0 Å². The second-order valence-corrected chi connectivity index (χ2v) is 4.94. The quantitative estimate of drug-likeness (QED) is 0.630. The highest BCUT2D eigenvalue weighted by Crippen LogP contribution is 2.06. The van der Waals surface area contributed by atoms with Gasteiger partial charge < -0.3 is 11.1 Å². The molecule has 0 spiro atoms. The molecular formula is C17H22N4. The van der Waals surface area contributed by atoms with Crippen molar-refractivity contribution < 1.29 is 0 Å². The average Bonchev–Trinajstić information content (AvgIpc) is 2.50. The fourth-order valence-corrected chi connectivity index (χ4v) is 2.11. The monoisotopic (exact) mass is 282 g/mol. The van der Waals surface area contributed by atoms with Crippen LogP contribution in [0, 0.1) is 6.92 Å². The lowest BCUT2D eigenvalue weighted by Crippen LogP contribution is -2.33. The average molecular weight is 282 g/mol.